The van der Waals surface area contributed by atoms with E-state index in [1.807, 2.05) is 13.8 Å². The maximum Gasteiger partial charge on any atom is 0.320 e. The molecule has 0 saturated carbocycles. The predicted octanol–water partition coefficient (Wildman–Crippen LogP) is 4.65. The standard InChI is InChI=1S/C20H23ClFNO3/c1-13(2)9-18(20(24)25)23-11-15-10-16(21)7-8-19(15)26-12-14-5-3-4-6-17(14)22/h3-8,10,13,18,23H,9,11-12H2,1-2H3,(H,24,25). The van der Waals surface area contributed by atoms with E-state index in [1.165, 1.54) is 6.07 Å². The van der Waals surface area contributed by atoms with Crippen molar-refractivity contribution < 1.29 is 19.0 Å². The van der Waals surface area contributed by atoms with Crippen LogP contribution < -0.4 is 10.1 Å². The molecule has 0 amide bonds. The number of benzene rings is 2. The number of carbonyl (C=O) groups is 1. The van der Waals surface area contributed by atoms with Gasteiger partial charge in [0.15, 0.2) is 0 Å². The first-order valence-corrected chi connectivity index (χ1v) is 8.85. The highest BCUT2D eigenvalue weighted by molar-refractivity contribution is 6.30. The fraction of sp³-hybridized carbons (Fsp3) is 0.350. The molecule has 4 nitrogen and oxygen atoms in total. The maximum absolute atomic E-state index is 13.7. The minimum Gasteiger partial charge on any atom is -0.488 e. The van der Waals surface area contributed by atoms with E-state index in [0.717, 1.165) is 5.56 Å². The van der Waals surface area contributed by atoms with Gasteiger partial charge in [0.25, 0.3) is 0 Å². The van der Waals surface area contributed by atoms with Gasteiger partial charge in [-0.05, 0) is 36.6 Å². The Morgan fingerprint density at radius 1 is 1.23 bits per heavy atom. The van der Waals surface area contributed by atoms with E-state index in [1.54, 1.807) is 36.4 Å². The van der Waals surface area contributed by atoms with Gasteiger partial charge in [-0.3, -0.25) is 4.79 Å². The molecular formula is C20H23ClFNO3. The topological polar surface area (TPSA) is 58.6 Å². The van der Waals surface area contributed by atoms with Crippen molar-refractivity contribution in [1.29, 1.82) is 0 Å². The van der Waals surface area contributed by atoms with Crippen LogP contribution in [0.1, 0.15) is 31.4 Å². The molecule has 0 saturated heterocycles. The summed E-state index contributed by atoms with van der Waals surface area (Å²) in [6.07, 6.45) is 0.515. The molecule has 2 rings (SSSR count). The van der Waals surface area contributed by atoms with E-state index < -0.39 is 12.0 Å². The lowest BCUT2D eigenvalue weighted by Gasteiger charge is -2.18. The molecule has 2 aromatic rings. The molecule has 0 fully saturated rings. The number of hydrogen-bond donors (Lipinski definition) is 2. The first-order chi connectivity index (χ1) is 12.4. The quantitative estimate of drug-likeness (QED) is 0.666. The fourth-order valence-electron chi connectivity index (χ4n) is 2.57. The third-order valence-electron chi connectivity index (χ3n) is 3.91. The van der Waals surface area contributed by atoms with Gasteiger partial charge < -0.3 is 15.2 Å². The molecule has 0 bridgehead atoms. The van der Waals surface area contributed by atoms with Crippen molar-refractivity contribution in [3.63, 3.8) is 0 Å². The van der Waals surface area contributed by atoms with Gasteiger partial charge in [-0.15, -0.1) is 0 Å². The summed E-state index contributed by atoms with van der Waals surface area (Å²) in [6.45, 7) is 4.31. The highest BCUT2D eigenvalue weighted by atomic mass is 35.5. The number of carboxylic acids is 1. The van der Waals surface area contributed by atoms with Crippen LogP contribution in [0.4, 0.5) is 4.39 Å². The number of rotatable bonds is 9. The largest absolute Gasteiger partial charge is 0.488 e. The number of aliphatic carboxylic acids is 1. The molecule has 1 unspecified atom stereocenters. The summed E-state index contributed by atoms with van der Waals surface area (Å²) in [5.41, 5.74) is 1.17. The van der Waals surface area contributed by atoms with Crippen LogP contribution in [0.2, 0.25) is 5.02 Å². The van der Waals surface area contributed by atoms with Gasteiger partial charge in [0, 0.05) is 22.7 Å². The Balaban J connectivity index is 2.09. The lowest BCUT2D eigenvalue weighted by molar-refractivity contribution is -0.140. The number of ether oxygens (including phenoxy) is 1. The zero-order chi connectivity index (χ0) is 19.1. The number of nitrogens with one attached hydrogen (secondary N) is 1. The van der Waals surface area contributed by atoms with Crippen molar-refractivity contribution in [1.82, 2.24) is 5.32 Å². The summed E-state index contributed by atoms with van der Waals surface area (Å²) >= 11 is 6.06. The molecule has 0 spiro atoms. The second-order valence-corrected chi connectivity index (χ2v) is 6.97. The normalized spacial score (nSPS) is 12.2. The number of carboxylic acid groups (broad SMARTS) is 1. The summed E-state index contributed by atoms with van der Waals surface area (Å²) in [4.78, 5) is 11.4. The SMILES string of the molecule is CC(C)CC(NCc1cc(Cl)ccc1OCc1ccccc1F)C(=O)O. The molecule has 26 heavy (non-hydrogen) atoms. The van der Waals surface area contributed by atoms with Gasteiger partial charge >= 0.3 is 5.97 Å². The van der Waals surface area contributed by atoms with Crippen molar-refractivity contribution in [3.8, 4) is 5.75 Å². The zero-order valence-electron chi connectivity index (χ0n) is 14.8. The lowest BCUT2D eigenvalue weighted by atomic mass is 10.0. The average Bonchev–Trinajstić information content (AvgIpc) is 2.58. The lowest BCUT2D eigenvalue weighted by Crippen LogP contribution is -2.37. The molecule has 0 aliphatic heterocycles. The van der Waals surface area contributed by atoms with Gasteiger partial charge in [0.1, 0.15) is 24.2 Å². The van der Waals surface area contributed by atoms with E-state index in [0.29, 0.717) is 22.8 Å². The van der Waals surface area contributed by atoms with Crippen LogP contribution in [0.25, 0.3) is 0 Å². The highest BCUT2D eigenvalue weighted by Crippen LogP contribution is 2.24. The maximum atomic E-state index is 13.7. The Labute approximate surface area is 157 Å². The fourth-order valence-corrected chi connectivity index (χ4v) is 2.77. The first-order valence-electron chi connectivity index (χ1n) is 8.47. The third-order valence-corrected chi connectivity index (χ3v) is 4.14. The van der Waals surface area contributed by atoms with Crippen molar-refractivity contribution in [2.75, 3.05) is 0 Å². The molecule has 2 N–H and O–H groups in total. The van der Waals surface area contributed by atoms with Crippen LogP contribution in [-0.4, -0.2) is 17.1 Å². The second kappa shape index (κ2) is 9.55. The van der Waals surface area contributed by atoms with Gasteiger partial charge in [-0.25, -0.2) is 4.39 Å². The summed E-state index contributed by atoms with van der Waals surface area (Å²) in [5.74, 6) is -0.433. The Kier molecular flexibility index (Phi) is 7.42. The van der Waals surface area contributed by atoms with E-state index in [4.69, 9.17) is 16.3 Å². The smallest absolute Gasteiger partial charge is 0.320 e. The van der Waals surface area contributed by atoms with Crippen LogP contribution >= 0.6 is 11.6 Å². The molecule has 0 heterocycles. The van der Waals surface area contributed by atoms with Crippen molar-refractivity contribution in [2.45, 2.75) is 39.5 Å². The molecule has 0 aliphatic rings. The summed E-state index contributed by atoms with van der Waals surface area (Å²) < 4.78 is 19.5. The molecular weight excluding hydrogens is 357 g/mol. The molecule has 140 valence electrons. The molecule has 6 heteroatoms. The van der Waals surface area contributed by atoms with Crippen LogP contribution in [0.3, 0.4) is 0 Å². The monoisotopic (exact) mass is 379 g/mol. The van der Waals surface area contributed by atoms with Gasteiger partial charge in [0.2, 0.25) is 0 Å². The van der Waals surface area contributed by atoms with Crippen molar-refractivity contribution >= 4 is 17.6 Å². The van der Waals surface area contributed by atoms with Crippen LogP contribution in [0.15, 0.2) is 42.5 Å². The van der Waals surface area contributed by atoms with Gasteiger partial charge in [-0.1, -0.05) is 43.6 Å². The van der Waals surface area contributed by atoms with Crippen LogP contribution in [0.5, 0.6) is 5.75 Å². The van der Waals surface area contributed by atoms with Gasteiger partial charge in [0.05, 0.1) is 0 Å². The minimum absolute atomic E-state index is 0.0790. The average molecular weight is 380 g/mol. The summed E-state index contributed by atoms with van der Waals surface area (Å²) in [6, 6.07) is 10.9. The van der Waals surface area contributed by atoms with E-state index in [2.05, 4.69) is 5.32 Å². The van der Waals surface area contributed by atoms with E-state index >= 15 is 0 Å². The molecule has 0 aliphatic carbocycles. The van der Waals surface area contributed by atoms with E-state index in [-0.39, 0.29) is 24.9 Å². The number of hydrogen-bond acceptors (Lipinski definition) is 3. The predicted molar refractivity (Wildman–Crippen MR) is 99.9 cm³/mol. The Bertz CT molecular complexity index is 752. The Morgan fingerprint density at radius 2 is 1.96 bits per heavy atom. The molecule has 2 aromatic carbocycles. The molecule has 0 aromatic heterocycles. The second-order valence-electron chi connectivity index (χ2n) is 6.53. The zero-order valence-corrected chi connectivity index (χ0v) is 15.6. The summed E-state index contributed by atoms with van der Waals surface area (Å²) in [7, 11) is 0. The summed E-state index contributed by atoms with van der Waals surface area (Å²) in [5, 5.41) is 12.9. The molecule has 1 atom stereocenters. The third kappa shape index (κ3) is 6.00. The van der Waals surface area contributed by atoms with Crippen molar-refractivity contribution in [2.24, 2.45) is 5.92 Å². The highest BCUT2D eigenvalue weighted by Gasteiger charge is 2.19. The Hall–Kier alpha value is -2.11. The van der Waals surface area contributed by atoms with Crippen LogP contribution in [0, 0.1) is 11.7 Å². The van der Waals surface area contributed by atoms with Crippen molar-refractivity contribution in [3.05, 3.63) is 64.4 Å². The number of halogens is 2. The van der Waals surface area contributed by atoms with Crippen LogP contribution in [-0.2, 0) is 17.9 Å². The Morgan fingerprint density at radius 3 is 2.62 bits per heavy atom. The van der Waals surface area contributed by atoms with E-state index in [9.17, 15) is 14.3 Å². The minimum atomic E-state index is -0.894. The van der Waals surface area contributed by atoms with Gasteiger partial charge in [-0.2, -0.15) is 0 Å². The molecule has 0 radical (unpaired) electrons. The first kappa shape index (κ1) is 20.2.